The van der Waals surface area contributed by atoms with Crippen molar-refractivity contribution in [2.45, 2.75) is 52.5 Å². The lowest BCUT2D eigenvalue weighted by Crippen LogP contribution is -2.42. The first kappa shape index (κ1) is 21.9. The van der Waals surface area contributed by atoms with Gasteiger partial charge in [0, 0.05) is 51.4 Å². The summed E-state index contributed by atoms with van der Waals surface area (Å²) < 4.78 is 1.67. The minimum atomic E-state index is 0.0755. The maximum atomic E-state index is 12.7. The van der Waals surface area contributed by atoms with Crippen LogP contribution >= 0.6 is 0 Å². The molecule has 162 valence electrons. The molecular formula is C22H32N6O2. The first-order valence-electron chi connectivity index (χ1n) is 10.7. The van der Waals surface area contributed by atoms with Crippen LogP contribution in [-0.2, 0) is 22.6 Å². The second-order valence-electron chi connectivity index (χ2n) is 8.14. The van der Waals surface area contributed by atoms with E-state index in [0.29, 0.717) is 24.7 Å². The summed E-state index contributed by atoms with van der Waals surface area (Å²) in [7, 11) is 1.85. The van der Waals surface area contributed by atoms with Crippen LogP contribution in [-0.4, -0.2) is 68.0 Å². The molecule has 3 heterocycles. The number of amides is 2. The van der Waals surface area contributed by atoms with Crippen LogP contribution in [0.5, 0.6) is 0 Å². The smallest absolute Gasteiger partial charge is 0.244 e. The number of hydrogen-bond acceptors (Lipinski definition) is 5. The Balaban J connectivity index is 1.42. The summed E-state index contributed by atoms with van der Waals surface area (Å²) in [5.41, 5.74) is 0.997. The monoisotopic (exact) mass is 412 g/mol. The van der Waals surface area contributed by atoms with Crippen LogP contribution in [0.15, 0.2) is 24.4 Å². The fourth-order valence-electron chi connectivity index (χ4n) is 3.94. The van der Waals surface area contributed by atoms with Crippen molar-refractivity contribution < 1.29 is 9.59 Å². The van der Waals surface area contributed by atoms with Gasteiger partial charge in [0.1, 0.15) is 18.2 Å². The highest BCUT2D eigenvalue weighted by atomic mass is 16.2. The molecule has 0 spiro atoms. The highest BCUT2D eigenvalue weighted by Crippen LogP contribution is 2.22. The summed E-state index contributed by atoms with van der Waals surface area (Å²) in [6.45, 7) is 6.09. The molecule has 1 aliphatic rings. The van der Waals surface area contributed by atoms with E-state index >= 15 is 0 Å². The van der Waals surface area contributed by atoms with E-state index in [1.165, 1.54) is 0 Å². The molecule has 8 nitrogen and oxygen atoms in total. The molecule has 30 heavy (non-hydrogen) atoms. The summed E-state index contributed by atoms with van der Waals surface area (Å²) in [6.07, 6.45) is 5.92. The Kier molecular flexibility index (Phi) is 7.54. The first-order valence-corrected chi connectivity index (χ1v) is 10.7. The third kappa shape index (κ3) is 6.11. The van der Waals surface area contributed by atoms with Gasteiger partial charge in [-0.25, -0.2) is 9.67 Å². The molecule has 1 aliphatic heterocycles. The van der Waals surface area contributed by atoms with Gasteiger partial charge in [0.25, 0.3) is 0 Å². The Morgan fingerprint density at radius 1 is 1.27 bits per heavy atom. The van der Waals surface area contributed by atoms with Crippen LogP contribution in [0.25, 0.3) is 0 Å². The SMILES string of the molecule is Cc1nc(C)n(CC(=O)N2CCC[C@@H](CCC(=O)N(C)CCc3ccccn3)C2)n1. The van der Waals surface area contributed by atoms with Gasteiger partial charge in [0.2, 0.25) is 11.8 Å². The minimum absolute atomic E-state index is 0.0755. The largest absolute Gasteiger partial charge is 0.345 e. The molecule has 0 saturated carbocycles. The van der Waals surface area contributed by atoms with Gasteiger partial charge in [-0.2, -0.15) is 5.10 Å². The lowest BCUT2D eigenvalue weighted by molar-refractivity contribution is -0.134. The molecule has 2 aromatic heterocycles. The molecule has 0 aromatic carbocycles. The number of nitrogens with zero attached hydrogens (tertiary/aromatic N) is 6. The van der Waals surface area contributed by atoms with E-state index in [1.807, 2.05) is 44.0 Å². The van der Waals surface area contributed by atoms with Crippen molar-refractivity contribution in [1.82, 2.24) is 29.5 Å². The summed E-state index contributed by atoms with van der Waals surface area (Å²) in [5.74, 6) is 2.04. The maximum absolute atomic E-state index is 12.7. The van der Waals surface area contributed by atoms with Crippen molar-refractivity contribution in [3.8, 4) is 0 Å². The number of carbonyl (C=O) groups excluding carboxylic acids is 2. The van der Waals surface area contributed by atoms with Crippen LogP contribution in [0.4, 0.5) is 0 Å². The van der Waals surface area contributed by atoms with Crippen LogP contribution in [0.3, 0.4) is 0 Å². The first-order chi connectivity index (χ1) is 14.4. The Morgan fingerprint density at radius 2 is 2.10 bits per heavy atom. The van der Waals surface area contributed by atoms with Gasteiger partial charge in [-0.1, -0.05) is 6.07 Å². The molecule has 3 rings (SSSR count). The zero-order chi connectivity index (χ0) is 21.5. The Labute approximate surface area is 178 Å². The van der Waals surface area contributed by atoms with Crippen LogP contribution in [0.1, 0.15) is 43.0 Å². The third-order valence-electron chi connectivity index (χ3n) is 5.74. The predicted molar refractivity (Wildman–Crippen MR) is 114 cm³/mol. The number of carbonyl (C=O) groups is 2. The standard InChI is InChI=1S/C22H32N6O2/c1-17-24-18(2)28(25-17)16-22(30)27-13-6-7-19(15-27)9-10-21(29)26(3)14-11-20-8-4-5-12-23-20/h4-5,8,12,19H,6-7,9-11,13-16H2,1-3H3/t19-/m0/s1. The summed E-state index contributed by atoms with van der Waals surface area (Å²) >= 11 is 0. The van der Waals surface area contributed by atoms with E-state index in [-0.39, 0.29) is 18.4 Å². The minimum Gasteiger partial charge on any atom is -0.345 e. The van der Waals surface area contributed by atoms with Gasteiger partial charge in [0.15, 0.2) is 0 Å². The molecule has 1 atom stereocenters. The van der Waals surface area contributed by atoms with Gasteiger partial charge in [-0.3, -0.25) is 14.6 Å². The maximum Gasteiger partial charge on any atom is 0.244 e. The topological polar surface area (TPSA) is 84.2 Å². The fourth-order valence-corrected chi connectivity index (χ4v) is 3.94. The number of hydrogen-bond donors (Lipinski definition) is 0. The van der Waals surface area contributed by atoms with Crippen molar-refractivity contribution in [3.63, 3.8) is 0 Å². The molecule has 2 amide bonds. The van der Waals surface area contributed by atoms with Gasteiger partial charge < -0.3 is 9.80 Å². The third-order valence-corrected chi connectivity index (χ3v) is 5.74. The zero-order valence-corrected chi connectivity index (χ0v) is 18.3. The molecule has 0 bridgehead atoms. The average Bonchev–Trinajstić information content (AvgIpc) is 3.07. The lowest BCUT2D eigenvalue weighted by Gasteiger charge is -2.33. The number of likely N-dealkylation sites (N-methyl/N-ethyl adjacent to an activating group) is 1. The van der Waals surface area contributed by atoms with E-state index in [1.54, 1.807) is 15.8 Å². The zero-order valence-electron chi connectivity index (χ0n) is 18.3. The van der Waals surface area contributed by atoms with Crippen molar-refractivity contribution in [3.05, 3.63) is 41.7 Å². The van der Waals surface area contributed by atoms with Gasteiger partial charge in [-0.05, 0) is 51.2 Å². The van der Waals surface area contributed by atoms with Crippen LogP contribution in [0.2, 0.25) is 0 Å². The number of rotatable bonds is 8. The Hall–Kier alpha value is -2.77. The molecule has 0 radical (unpaired) electrons. The molecule has 2 aromatic rings. The van der Waals surface area contributed by atoms with Gasteiger partial charge in [0.05, 0.1) is 0 Å². The quantitative estimate of drug-likeness (QED) is 0.662. The number of pyridine rings is 1. The van der Waals surface area contributed by atoms with Gasteiger partial charge >= 0.3 is 0 Å². The molecule has 1 fully saturated rings. The highest BCUT2D eigenvalue weighted by molar-refractivity contribution is 5.76. The van der Waals surface area contributed by atoms with E-state index in [2.05, 4.69) is 15.1 Å². The molecular weight excluding hydrogens is 380 g/mol. The second-order valence-corrected chi connectivity index (χ2v) is 8.14. The van der Waals surface area contributed by atoms with Crippen LogP contribution in [0, 0.1) is 19.8 Å². The molecule has 0 aliphatic carbocycles. The molecule has 1 saturated heterocycles. The van der Waals surface area contributed by atoms with E-state index in [0.717, 1.165) is 50.3 Å². The van der Waals surface area contributed by atoms with Crippen molar-refractivity contribution in [2.75, 3.05) is 26.7 Å². The summed E-state index contributed by atoms with van der Waals surface area (Å²) in [6, 6.07) is 5.84. The summed E-state index contributed by atoms with van der Waals surface area (Å²) in [5, 5.41) is 4.29. The fraction of sp³-hybridized carbons (Fsp3) is 0.591. The number of aromatic nitrogens is 4. The summed E-state index contributed by atoms with van der Waals surface area (Å²) in [4.78, 5) is 37.5. The number of aryl methyl sites for hydroxylation is 2. The van der Waals surface area contributed by atoms with Crippen molar-refractivity contribution in [1.29, 1.82) is 0 Å². The predicted octanol–water partition coefficient (Wildman–Crippen LogP) is 2.01. The molecule has 0 N–H and O–H groups in total. The molecule has 0 unspecified atom stereocenters. The van der Waals surface area contributed by atoms with E-state index < -0.39 is 0 Å². The highest BCUT2D eigenvalue weighted by Gasteiger charge is 2.25. The van der Waals surface area contributed by atoms with E-state index in [4.69, 9.17) is 0 Å². The van der Waals surface area contributed by atoms with Crippen molar-refractivity contribution >= 4 is 11.8 Å². The number of likely N-dealkylation sites (tertiary alicyclic amines) is 1. The van der Waals surface area contributed by atoms with Gasteiger partial charge in [-0.15, -0.1) is 0 Å². The Morgan fingerprint density at radius 3 is 2.80 bits per heavy atom. The van der Waals surface area contributed by atoms with Crippen molar-refractivity contribution in [2.24, 2.45) is 5.92 Å². The second kappa shape index (κ2) is 10.3. The normalized spacial score (nSPS) is 16.5. The average molecular weight is 413 g/mol. The Bertz CT molecular complexity index is 851. The van der Waals surface area contributed by atoms with E-state index in [9.17, 15) is 9.59 Å². The molecule has 8 heteroatoms. The lowest BCUT2D eigenvalue weighted by atomic mass is 9.93. The number of piperidine rings is 1. The van der Waals surface area contributed by atoms with Crippen LogP contribution < -0.4 is 0 Å².